The molecule has 1 aliphatic rings. The first kappa shape index (κ1) is 25.3. The van der Waals surface area contributed by atoms with Crippen molar-refractivity contribution in [2.45, 2.75) is 38.0 Å². The number of amides is 1. The molecule has 14 heteroatoms. The SMILES string of the molecule is CCSSCOC1C[C@H](n2cc(C#CCNC(=O)C(F)(F)F)c(=O)[nH]c2=O)O[C@@H]1CO. The van der Waals surface area contributed by atoms with Gasteiger partial charge in [-0.2, -0.15) is 13.2 Å². The van der Waals surface area contributed by atoms with Crippen molar-refractivity contribution in [3.63, 3.8) is 0 Å². The summed E-state index contributed by atoms with van der Waals surface area (Å²) in [5.41, 5.74) is -1.82. The second-order valence-corrected chi connectivity index (χ2v) is 8.79. The Bertz CT molecular complexity index is 940. The van der Waals surface area contributed by atoms with Crippen LogP contribution in [-0.2, 0) is 14.3 Å². The maximum absolute atomic E-state index is 12.2. The highest BCUT2D eigenvalue weighted by Gasteiger charge is 2.38. The van der Waals surface area contributed by atoms with E-state index < -0.39 is 48.3 Å². The lowest BCUT2D eigenvalue weighted by Crippen LogP contribution is -2.37. The number of hydrogen-bond donors (Lipinski definition) is 3. The van der Waals surface area contributed by atoms with E-state index in [2.05, 4.69) is 16.8 Å². The van der Waals surface area contributed by atoms with Crippen molar-refractivity contribution in [3.8, 4) is 11.8 Å². The second kappa shape index (κ2) is 11.6. The lowest BCUT2D eigenvalue weighted by molar-refractivity contribution is -0.173. The Morgan fingerprint density at radius 3 is 2.84 bits per heavy atom. The van der Waals surface area contributed by atoms with Gasteiger partial charge in [-0.15, -0.1) is 0 Å². The monoisotopic (exact) mass is 483 g/mol. The van der Waals surface area contributed by atoms with Crippen LogP contribution in [0.1, 0.15) is 25.1 Å². The number of nitrogens with one attached hydrogen (secondary N) is 2. The molecule has 0 aliphatic carbocycles. The topological polar surface area (TPSA) is 123 Å². The molecule has 1 unspecified atom stereocenters. The number of H-pyrrole nitrogens is 1. The predicted molar refractivity (Wildman–Crippen MR) is 108 cm³/mol. The predicted octanol–water partition coefficient (Wildman–Crippen LogP) is 0.590. The molecule has 1 fully saturated rings. The number of ether oxygens (including phenoxy) is 2. The third kappa shape index (κ3) is 7.32. The molecule has 0 aromatic carbocycles. The number of aliphatic hydroxyl groups is 1. The van der Waals surface area contributed by atoms with E-state index in [1.807, 2.05) is 6.92 Å². The van der Waals surface area contributed by atoms with Gasteiger partial charge in [0, 0.05) is 18.4 Å². The van der Waals surface area contributed by atoms with Crippen molar-refractivity contribution < 1.29 is 32.5 Å². The number of halogens is 3. The van der Waals surface area contributed by atoms with Crippen LogP contribution in [0.25, 0.3) is 0 Å². The average molecular weight is 483 g/mol. The maximum Gasteiger partial charge on any atom is 0.471 e. The van der Waals surface area contributed by atoms with E-state index >= 15 is 0 Å². The van der Waals surface area contributed by atoms with Gasteiger partial charge in [0.25, 0.3) is 5.56 Å². The van der Waals surface area contributed by atoms with Crippen LogP contribution in [0.5, 0.6) is 0 Å². The van der Waals surface area contributed by atoms with E-state index in [4.69, 9.17) is 9.47 Å². The van der Waals surface area contributed by atoms with Crippen molar-refractivity contribution in [2.75, 3.05) is 24.8 Å². The third-order valence-corrected chi connectivity index (χ3v) is 6.12. The molecule has 31 heavy (non-hydrogen) atoms. The number of nitrogens with zero attached hydrogens (tertiary/aromatic N) is 1. The highest BCUT2D eigenvalue weighted by atomic mass is 33.1. The van der Waals surface area contributed by atoms with Crippen LogP contribution in [0, 0.1) is 11.8 Å². The standard InChI is InChI=1S/C17H20F3N3O6S2/c1-2-30-31-9-28-11-6-13(29-12(11)8-24)23-7-10(14(25)22-16(23)27)4-3-5-21-15(26)17(18,19)20/h7,11-13,24H,2,5-6,8-9H2,1H3,(H,21,26)(H,22,25,27)/t11?,12-,13-/m1/s1. The summed E-state index contributed by atoms with van der Waals surface area (Å²) in [7, 11) is 3.10. The molecule has 2 heterocycles. The van der Waals surface area contributed by atoms with E-state index in [0.717, 1.165) is 16.5 Å². The molecule has 1 aliphatic heterocycles. The highest BCUT2D eigenvalue weighted by Crippen LogP contribution is 2.31. The van der Waals surface area contributed by atoms with E-state index in [1.165, 1.54) is 10.8 Å². The summed E-state index contributed by atoms with van der Waals surface area (Å²) in [6.45, 7) is 1.01. The normalized spacial score (nSPS) is 20.9. The summed E-state index contributed by atoms with van der Waals surface area (Å²) in [5, 5.41) is 11.1. The minimum absolute atomic E-state index is 0.204. The number of carbonyl (C=O) groups excluding carboxylic acids is 1. The third-order valence-electron chi connectivity index (χ3n) is 3.99. The van der Waals surface area contributed by atoms with Crippen LogP contribution in [0.2, 0.25) is 0 Å². The molecule has 1 aromatic rings. The zero-order chi connectivity index (χ0) is 23.0. The number of carbonyl (C=O) groups is 1. The zero-order valence-corrected chi connectivity index (χ0v) is 17.9. The fraction of sp³-hybridized carbons (Fsp3) is 0.588. The first-order valence-corrected chi connectivity index (χ1v) is 11.5. The number of aliphatic hydroxyl groups excluding tert-OH is 1. The summed E-state index contributed by atoms with van der Waals surface area (Å²) in [5.74, 6) is 3.64. The smallest absolute Gasteiger partial charge is 0.394 e. The molecule has 0 radical (unpaired) electrons. The molecule has 1 amide bonds. The molecule has 9 nitrogen and oxygen atoms in total. The number of hydrogen-bond acceptors (Lipinski definition) is 8. The molecule has 3 N–H and O–H groups in total. The molecule has 172 valence electrons. The van der Waals surface area contributed by atoms with E-state index in [1.54, 1.807) is 16.1 Å². The van der Waals surface area contributed by atoms with Gasteiger partial charge >= 0.3 is 17.8 Å². The molecule has 0 bridgehead atoms. The maximum atomic E-state index is 12.2. The first-order valence-electron chi connectivity index (χ1n) is 8.99. The summed E-state index contributed by atoms with van der Waals surface area (Å²) >= 11 is 0. The van der Waals surface area contributed by atoms with Crippen molar-refractivity contribution in [1.82, 2.24) is 14.9 Å². The second-order valence-electron chi connectivity index (χ2n) is 6.09. The number of alkyl halides is 3. The highest BCUT2D eigenvalue weighted by molar-refractivity contribution is 8.76. The largest absolute Gasteiger partial charge is 0.471 e. The van der Waals surface area contributed by atoms with Gasteiger partial charge in [-0.1, -0.05) is 40.4 Å². The van der Waals surface area contributed by atoms with Crippen LogP contribution < -0.4 is 16.6 Å². The Kier molecular flexibility index (Phi) is 9.51. The van der Waals surface area contributed by atoms with Crippen LogP contribution in [0.3, 0.4) is 0 Å². The molecule has 0 saturated carbocycles. The molecule has 1 saturated heterocycles. The Morgan fingerprint density at radius 2 is 2.19 bits per heavy atom. The van der Waals surface area contributed by atoms with Crippen molar-refractivity contribution >= 4 is 27.5 Å². The van der Waals surface area contributed by atoms with Gasteiger partial charge in [-0.05, 0) is 0 Å². The Hall–Kier alpha value is -1.92. The van der Waals surface area contributed by atoms with Gasteiger partial charge in [0.1, 0.15) is 23.8 Å². The fourth-order valence-electron chi connectivity index (χ4n) is 2.60. The summed E-state index contributed by atoms with van der Waals surface area (Å²) in [6.07, 6.45) is -5.71. The van der Waals surface area contributed by atoms with Crippen LogP contribution in [-0.4, -0.2) is 63.8 Å². The summed E-state index contributed by atoms with van der Waals surface area (Å²) in [4.78, 5) is 36.9. The molecule has 1 aromatic heterocycles. The minimum atomic E-state index is -5.04. The Balaban J connectivity index is 2.10. The van der Waals surface area contributed by atoms with Crippen LogP contribution in [0.15, 0.2) is 15.8 Å². The van der Waals surface area contributed by atoms with Crippen molar-refractivity contribution in [2.24, 2.45) is 0 Å². The summed E-state index contributed by atoms with van der Waals surface area (Å²) in [6, 6.07) is 0. The van der Waals surface area contributed by atoms with E-state index in [0.29, 0.717) is 5.94 Å². The van der Waals surface area contributed by atoms with Crippen LogP contribution >= 0.6 is 21.6 Å². The van der Waals surface area contributed by atoms with Gasteiger partial charge in [-0.3, -0.25) is 19.1 Å². The van der Waals surface area contributed by atoms with Gasteiger partial charge in [0.15, 0.2) is 0 Å². The number of rotatable bonds is 8. The molecular formula is C17H20F3N3O6S2. The average Bonchev–Trinajstić information content (AvgIpc) is 3.11. The van der Waals surface area contributed by atoms with E-state index in [9.17, 15) is 32.7 Å². The lowest BCUT2D eigenvalue weighted by Gasteiger charge is -2.16. The molecule has 2 rings (SSSR count). The van der Waals surface area contributed by atoms with Crippen molar-refractivity contribution in [3.05, 3.63) is 32.6 Å². The molecule has 0 spiro atoms. The number of aromatic nitrogens is 2. The van der Waals surface area contributed by atoms with Gasteiger partial charge in [-0.25, -0.2) is 4.79 Å². The molecule has 3 atom stereocenters. The van der Waals surface area contributed by atoms with Gasteiger partial charge < -0.3 is 19.9 Å². The minimum Gasteiger partial charge on any atom is -0.394 e. The fourth-order valence-corrected chi connectivity index (χ4v) is 3.93. The quantitative estimate of drug-likeness (QED) is 0.213. The van der Waals surface area contributed by atoms with E-state index in [-0.39, 0.29) is 18.6 Å². The zero-order valence-electron chi connectivity index (χ0n) is 16.2. The first-order chi connectivity index (χ1) is 14.7. The van der Waals surface area contributed by atoms with Crippen molar-refractivity contribution in [1.29, 1.82) is 0 Å². The van der Waals surface area contributed by atoms with Gasteiger partial charge in [0.05, 0.1) is 19.3 Å². The lowest BCUT2D eigenvalue weighted by atomic mass is 10.2. The number of aromatic amines is 1. The van der Waals surface area contributed by atoms with Crippen LogP contribution in [0.4, 0.5) is 13.2 Å². The summed E-state index contributed by atoms with van der Waals surface area (Å²) < 4.78 is 48.9. The Labute approximate surface area is 182 Å². The Morgan fingerprint density at radius 1 is 1.45 bits per heavy atom. The van der Waals surface area contributed by atoms with Gasteiger partial charge in [0.2, 0.25) is 0 Å². The molecular weight excluding hydrogens is 463 g/mol.